The molecule has 0 radical (unpaired) electrons. The number of hydrogen-bond donors (Lipinski definition) is 0. The van der Waals surface area contributed by atoms with E-state index in [1.165, 1.54) is 18.2 Å². The Balaban J connectivity index is 1.65. The standard InChI is InChI=1S/C20H14ClFN2O2S/c1-23-10-13(15-4-2-3-5-17(15)23)8-18-19(25)24(20(26)27-18)11-12-6-7-14(22)9-16(12)21/h2-10H,11H2,1H3/b18-8-. The largest absolute Gasteiger partial charge is 0.350 e. The number of halogens is 2. The molecule has 0 spiro atoms. The van der Waals surface area contributed by atoms with Gasteiger partial charge in [-0.05, 0) is 41.6 Å². The summed E-state index contributed by atoms with van der Waals surface area (Å²) in [6, 6.07) is 11.8. The maximum atomic E-state index is 13.2. The van der Waals surface area contributed by atoms with Gasteiger partial charge >= 0.3 is 0 Å². The molecule has 1 aliphatic rings. The van der Waals surface area contributed by atoms with Crippen LogP contribution in [0, 0.1) is 5.82 Å². The molecule has 2 amide bonds. The molecule has 0 N–H and O–H groups in total. The highest BCUT2D eigenvalue weighted by molar-refractivity contribution is 8.18. The molecule has 2 aromatic carbocycles. The van der Waals surface area contributed by atoms with E-state index in [1.807, 2.05) is 42.1 Å². The van der Waals surface area contributed by atoms with E-state index in [0.717, 1.165) is 33.1 Å². The molecule has 1 aliphatic heterocycles. The van der Waals surface area contributed by atoms with E-state index in [-0.39, 0.29) is 22.7 Å². The van der Waals surface area contributed by atoms with Crippen molar-refractivity contribution in [2.75, 3.05) is 0 Å². The van der Waals surface area contributed by atoms with Crippen LogP contribution in [0.3, 0.4) is 0 Å². The van der Waals surface area contributed by atoms with E-state index in [4.69, 9.17) is 11.6 Å². The number of rotatable bonds is 3. The van der Waals surface area contributed by atoms with Crippen LogP contribution in [0.15, 0.2) is 53.6 Å². The molecular weight excluding hydrogens is 387 g/mol. The summed E-state index contributed by atoms with van der Waals surface area (Å²) in [6.45, 7) is 0.0106. The molecule has 0 atom stereocenters. The molecule has 7 heteroatoms. The van der Waals surface area contributed by atoms with Gasteiger partial charge in [0.05, 0.1) is 11.4 Å². The Morgan fingerprint density at radius 2 is 1.96 bits per heavy atom. The van der Waals surface area contributed by atoms with E-state index in [1.54, 1.807) is 6.08 Å². The summed E-state index contributed by atoms with van der Waals surface area (Å²) in [4.78, 5) is 26.6. The van der Waals surface area contributed by atoms with Gasteiger partial charge in [-0.3, -0.25) is 14.5 Å². The van der Waals surface area contributed by atoms with Crippen molar-refractivity contribution in [1.29, 1.82) is 0 Å². The number of thioether (sulfide) groups is 1. The number of imide groups is 1. The average Bonchev–Trinajstić information content (AvgIpc) is 3.09. The molecule has 1 fully saturated rings. The van der Waals surface area contributed by atoms with E-state index in [0.29, 0.717) is 10.5 Å². The summed E-state index contributed by atoms with van der Waals surface area (Å²) in [6.07, 6.45) is 3.66. The molecule has 4 rings (SSSR count). The predicted octanol–water partition coefficient (Wildman–Crippen LogP) is 5.21. The lowest BCUT2D eigenvalue weighted by molar-refractivity contribution is -0.123. The minimum absolute atomic E-state index is 0.0106. The summed E-state index contributed by atoms with van der Waals surface area (Å²) in [5.74, 6) is -0.841. The highest BCUT2D eigenvalue weighted by atomic mass is 35.5. The van der Waals surface area contributed by atoms with Gasteiger partial charge in [-0.1, -0.05) is 35.9 Å². The van der Waals surface area contributed by atoms with Crippen molar-refractivity contribution in [3.8, 4) is 0 Å². The number of carbonyl (C=O) groups is 2. The van der Waals surface area contributed by atoms with E-state index < -0.39 is 5.82 Å². The lowest BCUT2D eigenvalue weighted by Crippen LogP contribution is -2.27. The normalized spacial score (nSPS) is 16.1. The zero-order valence-corrected chi connectivity index (χ0v) is 15.9. The molecule has 27 heavy (non-hydrogen) atoms. The van der Waals surface area contributed by atoms with Gasteiger partial charge in [0.2, 0.25) is 0 Å². The molecule has 1 saturated heterocycles. The second-order valence-electron chi connectivity index (χ2n) is 6.22. The fourth-order valence-electron chi connectivity index (χ4n) is 3.09. The number of nitrogens with zero attached hydrogens (tertiary/aromatic N) is 2. The Hall–Kier alpha value is -2.57. The molecule has 2 heterocycles. The smallest absolute Gasteiger partial charge is 0.293 e. The maximum absolute atomic E-state index is 13.2. The highest BCUT2D eigenvalue weighted by Crippen LogP contribution is 2.35. The third kappa shape index (κ3) is 3.26. The Morgan fingerprint density at radius 1 is 1.19 bits per heavy atom. The van der Waals surface area contributed by atoms with Crippen LogP contribution in [-0.4, -0.2) is 20.6 Å². The molecule has 0 aliphatic carbocycles. The van der Waals surface area contributed by atoms with Crippen LogP contribution in [0.2, 0.25) is 5.02 Å². The lowest BCUT2D eigenvalue weighted by atomic mass is 10.1. The van der Waals surface area contributed by atoms with Crippen molar-refractivity contribution in [1.82, 2.24) is 9.47 Å². The fraction of sp³-hybridized carbons (Fsp3) is 0.100. The monoisotopic (exact) mass is 400 g/mol. The summed E-state index contributed by atoms with van der Waals surface area (Å²) in [5, 5.41) is 0.826. The topological polar surface area (TPSA) is 42.3 Å². The van der Waals surface area contributed by atoms with Gasteiger partial charge in [0.1, 0.15) is 5.82 Å². The molecule has 3 aromatic rings. The SMILES string of the molecule is Cn1cc(/C=C2\SC(=O)N(Cc3ccc(F)cc3Cl)C2=O)c2ccccc21. The van der Waals surface area contributed by atoms with Crippen molar-refractivity contribution < 1.29 is 14.0 Å². The first-order valence-corrected chi connectivity index (χ1v) is 9.37. The number of aromatic nitrogens is 1. The van der Waals surface area contributed by atoms with Crippen LogP contribution in [0.25, 0.3) is 17.0 Å². The van der Waals surface area contributed by atoms with Gasteiger partial charge in [0.15, 0.2) is 0 Å². The van der Waals surface area contributed by atoms with Crippen molar-refractivity contribution in [2.24, 2.45) is 7.05 Å². The maximum Gasteiger partial charge on any atom is 0.293 e. The zero-order chi connectivity index (χ0) is 19.1. The number of carbonyl (C=O) groups excluding carboxylic acids is 2. The van der Waals surface area contributed by atoms with Crippen LogP contribution in [0.1, 0.15) is 11.1 Å². The minimum Gasteiger partial charge on any atom is -0.350 e. The lowest BCUT2D eigenvalue weighted by Gasteiger charge is -2.13. The average molecular weight is 401 g/mol. The van der Waals surface area contributed by atoms with E-state index >= 15 is 0 Å². The predicted molar refractivity (Wildman–Crippen MR) is 106 cm³/mol. The first kappa shape index (κ1) is 17.8. The molecule has 1 aromatic heterocycles. The van der Waals surface area contributed by atoms with Crippen LogP contribution in [-0.2, 0) is 18.4 Å². The van der Waals surface area contributed by atoms with Crippen molar-refractivity contribution >= 4 is 51.5 Å². The Bertz CT molecular complexity index is 1120. The molecule has 0 bridgehead atoms. The molecule has 0 unspecified atom stereocenters. The molecule has 4 nitrogen and oxygen atoms in total. The third-order valence-electron chi connectivity index (χ3n) is 4.43. The third-order valence-corrected chi connectivity index (χ3v) is 5.69. The highest BCUT2D eigenvalue weighted by Gasteiger charge is 2.35. The number of amides is 2. The quantitative estimate of drug-likeness (QED) is 0.567. The Morgan fingerprint density at radius 3 is 2.74 bits per heavy atom. The number of hydrogen-bond acceptors (Lipinski definition) is 3. The molecular formula is C20H14ClFN2O2S. The Kier molecular flexibility index (Phi) is 4.53. The minimum atomic E-state index is -0.464. The summed E-state index contributed by atoms with van der Waals surface area (Å²) in [5.41, 5.74) is 2.44. The van der Waals surface area contributed by atoms with Gasteiger partial charge in [-0.15, -0.1) is 0 Å². The van der Waals surface area contributed by atoms with Crippen molar-refractivity contribution in [3.05, 3.63) is 75.5 Å². The van der Waals surface area contributed by atoms with Crippen molar-refractivity contribution in [3.63, 3.8) is 0 Å². The summed E-state index contributed by atoms with van der Waals surface area (Å²) >= 11 is 6.92. The van der Waals surface area contributed by atoms with Crippen molar-refractivity contribution in [2.45, 2.75) is 6.54 Å². The molecule has 136 valence electrons. The number of para-hydroxylation sites is 1. The van der Waals surface area contributed by atoms with Gasteiger partial charge in [0.25, 0.3) is 11.1 Å². The van der Waals surface area contributed by atoms with Gasteiger partial charge in [0, 0.05) is 34.7 Å². The van der Waals surface area contributed by atoms with Gasteiger partial charge in [-0.2, -0.15) is 0 Å². The fourth-order valence-corrected chi connectivity index (χ4v) is 4.14. The zero-order valence-electron chi connectivity index (χ0n) is 14.3. The number of fused-ring (bicyclic) bond motifs is 1. The van der Waals surface area contributed by atoms with Gasteiger partial charge < -0.3 is 4.57 Å². The van der Waals surface area contributed by atoms with Gasteiger partial charge in [-0.25, -0.2) is 4.39 Å². The van der Waals surface area contributed by atoms with Crippen LogP contribution < -0.4 is 0 Å². The van der Waals surface area contributed by atoms with E-state index in [2.05, 4.69) is 0 Å². The first-order chi connectivity index (χ1) is 12.9. The molecule has 0 saturated carbocycles. The number of aryl methyl sites for hydroxylation is 1. The Labute approximate surface area is 164 Å². The second kappa shape index (κ2) is 6.87. The first-order valence-electron chi connectivity index (χ1n) is 8.17. The summed E-state index contributed by atoms with van der Waals surface area (Å²) < 4.78 is 15.2. The van der Waals surface area contributed by atoms with Crippen LogP contribution in [0.5, 0.6) is 0 Å². The second-order valence-corrected chi connectivity index (χ2v) is 7.62. The van der Waals surface area contributed by atoms with Crippen LogP contribution >= 0.6 is 23.4 Å². The van der Waals surface area contributed by atoms with Crippen LogP contribution in [0.4, 0.5) is 9.18 Å². The summed E-state index contributed by atoms with van der Waals surface area (Å²) in [7, 11) is 1.93. The number of benzene rings is 2. The van der Waals surface area contributed by atoms with E-state index in [9.17, 15) is 14.0 Å².